The van der Waals surface area contributed by atoms with Crippen LogP contribution < -0.4 is 10.5 Å². The summed E-state index contributed by atoms with van der Waals surface area (Å²) in [4.78, 5) is 0. The minimum atomic E-state index is -0.684. The number of hydrogen-bond acceptors (Lipinski definition) is 4. The maximum atomic E-state index is 5.77. The molecule has 0 radical (unpaired) electrons. The van der Waals surface area contributed by atoms with E-state index in [1.807, 2.05) is 31.2 Å². The summed E-state index contributed by atoms with van der Waals surface area (Å²) in [7, 11) is 1.64. The third kappa shape index (κ3) is 2.04. The molecule has 2 rings (SSSR count). The fourth-order valence-electron chi connectivity index (χ4n) is 1.80. The zero-order valence-electron chi connectivity index (χ0n) is 9.60. The van der Waals surface area contributed by atoms with Crippen LogP contribution in [0.3, 0.4) is 0 Å². The summed E-state index contributed by atoms with van der Waals surface area (Å²) in [6.45, 7) is 2.93. The molecule has 0 amide bonds. The molecule has 16 heavy (non-hydrogen) atoms. The molecule has 2 atom stereocenters. The van der Waals surface area contributed by atoms with Crippen LogP contribution in [0.2, 0.25) is 0 Å². The van der Waals surface area contributed by atoms with E-state index in [1.165, 1.54) is 0 Å². The van der Waals surface area contributed by atoms with Crippen LogP contribution >= 0.6 is 0 Å². The van der Waals surface area contributed by atoms with E-state index >= 15 is 0 Å². The lowest BCUT2D eigenvalue weighted by molar-refractivity contribution is -0.160. The summed E-state index contributed by atoms with van der Waals surface area (Å²) in [5, 5.41) is 0. The van der Waals surface area contributed by atoms with Crippen LogP contribution in [-0.2, 0) is 15.3 Å². The van der Waals surface area contributed by atoms with Gasteiger partial charge in [0, 0.05) is 12.1 Å². The molecule has 0 bridgehead atoms. The molecule has 1 aromatic rings. The monoisotopic (exact) mass is 223 g/mol. The van der Waals surface area contributed by atoms with E-state index in [0.29, 0.717) is 13.2 Å². The van der Waals surface area contributed by atoms with Gasteiger partial charge < -0.3 is 19.9 Å². The summed E-state index contributed by atoms with van der Waals surface area (Å²) >= 11 is 0. The van der Waals surface area contributed by atoms with E-state index in [0.717, 1.165) is 11.3 Å². The van der Waals surface area contributed by atoms with Gasteiger partial charge >= 0.3 is 0 Å². The molecule has 1 fully saturated rings. The van der Waals surface area contributed by atoms with E-state index in [2.05, 4.69) is 0 Å². The van der Waals surface area contributed by atoms with Gasteiger partial charge in [-0.05, 0) is 31.2 Å². The summed E-state index contributed by atoms with van der Waals surface area (Å²) in [5.41, 5.74) is 6.53. The summed E-state index contributed by atoms with van der Waals surface area (Å²) < 4.78 is 16.5. The highest BCUT2D eigenvalue weighted by atomic mass is 16.7. The van der Waals surface area contributed by atoms with Crippen molar-refractivity contribution in [3.8, 4) is 5.75 Å². The Kier molecular flexibility index (Phi) is 3.14. The van der Waals surface area contributed by atoms with Crippen molar-refractivity contribution in [1.82, 2.24) is 0 Å². The predicted octanol–water partition coefficient (Wildman–Crippen LogP) is 1.24. The van der Waals surface area contributed by atoms with Crippen molar-refractivity contribution in [3.63, 3.8) is 0 Å². The van der Waals surface area contributed by atoms with Crippen molar-refractivity contribution in [1.29, 1.82) is 0 Å². The van der Waals surface area contributed by atoms with E-state index < -0.39 is 5.79 Å². The Morgan fingerprint density at radius 2 is 2.12 bits per heavy atom. The topological polar surface area (TPSA) is 53.7 Å². The number of hydrogen-bond donors (Lipinski definition) is 1. The highest BCUT2D eigenvalue weighted by molar-refractivity contribution is 5.29. The minimum Gasteiger partial charge on any atom is -0.497 e. The van der Waals surface area contributed by atoms with E-state index in [4.69, 9.17) is 19.9 Å². The molecular formula is C12H17NO3. The zero-order chi connectivity index (χ0) is 11.6. The molecule has 0 spiro atoms. The van der Waals surface area contributed by atoms with Crippen LogP contribution in [0.4, 0.5) is 0 Å². The van der Waals surface area contributed by atoms with Crippen LogP contribution in [0.15, 0.2) is 24.3 Å². The Hall–Kier alpha value is -1.10. The first-order valence-corrected chi connectivity index (χ1v) is 5.34. The Bertz CT molecular complexity index is 352. The Morgan fingerprint density at radius 3 is 2.62 bits per heavy atom. The predicted molar refractivity (Wildman–Crippen MR) is 60.2 cm³/mol. The minimum absolute atomic E-state index is 0.0212. The molecule has 4 heteroatoms. The van der Waals surface area contributed by atoms with Gasteiger partial charge in [-0.15, -0.1) is 0 Å². The quantitative estimate of drug-likeness (QED) is 0.837. The normalized spacial score (nSPS) is 29.3. The zero-order valence-corrected chi connectivity index (χ0v) is 9.60. The fourth-order valence-corrected chi connectivity index (χ4v) is 1.80. The van der Waals surface area contributed by atoms with Gasteiger partial charge in [0.15, 0.2) is 5.79 Å². The molecular weight excluding hydrogens is 206 g/mol. The molecule has 1 aromatic carbocycles. The van der Waals surface area contributed by atoms with Gasteiger partial charge in [-0.1, -0.05) is 0 Å². The number of benzene rings is 1. The Labute approximate surface area is 95.3 Å². The van der Waals surface area contributed by atoms with Gasteiger partial charge in [0.1, 0.15) is 5.75 Å². The van der Waals surface area contributed by atoms with Crippen molar-refractivity contribution in [3.05, 3.63) is 29.8 Å². The van der Waals surface area contributed by atoms with Crippen LogP contribution in [-0.4, -0.2) is 26.4 Å². The van der Waals surface area contributed by atoms with Gasteiger partial charge in [0.05, 0.1) is 19.8 Å². The van der Waals surface area contributed by atoms with Crippen LogP contribution in [0.25, 0.3) is 0 Å². The lowest BCUT2D eigenvalue weighted by atomic mass is 10.1. The molecule has 0 saturated carbocycles. The Balaban J connectivity index is 2.17. The summed E-state index contributed by atoms with van der Waals surface area (Å²) in [6, 6.07) is 7.67. The molecule has 1 aliphatic rings. The second kappa shape index (κ2) is 4.41. The SMILES string of the molecule is COc1ccc(C2(C)OCC(CN)O2)cc1. The molecule has 2 unspecified atom stereocenters. The smallest absolute Gasteiger partial charge is 0.192 e. The number of rotatable bonds is 3. The van der Waals surface area contributed by atoms with Crippen molar-refractivity contribution in [2.24, 2.45) is 5.73 Å². The average molecular weight is 223 g/mol. The number of ether oxygens (including phenoxy) is 3. The third-order valence-electron chi connectivity index (χ3n) is 2.81. The molecule has 88 valence electrons. The van der Waals surface area contributed by atoms with Crippen molar-refractivity contribution in [2.75, 3.05) is 20.3 Å². The standard InChI is InChI=1S/C12H17NO3/c1-12(15-8-11(7-13)16-12)9-3-5-10(14-2)6-4-9/h3-6,11H,7-8,13H2,1-2H3. The van der Waals surface area contributed by atoms with Crippen molar-refractivity contribution < 1.29 is 14.2 Å². The molecule has 0 aromatic heterocycles. The third-order valence-corrected chi connectivity index (χ3v) is 2.81. The lowest BCUT2D eigenvalue weighted by Gasteiger charge is -2.23. The first kappa shape index (κ1) is 11.4. The maximum Gasteiger partial charge on any atom is 0.192 e. The lowest BCUT2D eigenvalue weighted by Crippen LogP contribution is -2.27. The molecule has 0 aliphatic carbocycles. The van der Waals surface area contributed by atoms with Crippen molar-refractivity contribution >= 4 is 0 Å². The van der Waals surface area contributed by atoms with E-state index in [1.54, 1.807) is 7.11 Å². The second-order valence-electron chi connectivity index (χ2n) is 3.96. The highest BCUT2D eigenvalue weighted by Crippen LogP contribution is 2.34. The van der Waals surface area contributed by atoms with Gasteiger partial charge in [0.25, 0.3) is 0 Å². The highest BCUT2D eigenvalue weighted by Gasteiger charge is 2.38. The van der Waals surface area contributed by atoms with Crippen LogP contribution in [0.5, 0.6) is 5.75 Å². The summed E-state index contributed by atoms with van der Waals surface area (Å²) in [5.74, 6) is 0.136. The number of nitrogens with two attached hydrogens (primary N) is 1. The van der Waals surface area contributed by atoms with E-state index in [9.17, 15) is 0 Å². The van der Waals surface area contributed by atoms with E-state index in [-0.39, 0.29) is 6.10 Å². The number of methoxy groups -OCH3 is 1. The molecule has 1 saturated heterocycles. The fraction of sp³-hybridized carbons (Fsp3) is 0.500. The largest absolute Gasteiger partial charge is 0.497 e. The second-order valence-corrected chi connectivity index (χ2v) is 3.96. The van der Waals surface area contributed by atoms with Gasteiger partial charge in [-0.3, -0.25) is 0 Å². The Morgan fingerprint density at radius 1 is 1.44 bits per heavy atom. The molecule has 2 N–H and O–H groups in total. The first-order valence-electron chi connectivity index (χ1n) is 5.34. The van der Waals surface area contributed by atoms with Crippen LogP contribution in [0, 0.1) is 0 Å². The summed E-state index contributed by atoms with van der Waals surface area (Å²) in [6.07, 6.45) is -0.0212. The van der Waals surface area contributed by atoms with Gasteiger partial charge in [0.2, 0.25) is 0 Å². The molecule has 1 heterocycles. The molecule has 4 nitrogen and oxygen atoms in total. The van der Waals surface area contributed by atoms with Crippen molar-refractivity contribution in [2.45, 2.75) is 18.8 Å². The molecule has 1 aliphatic heterocycles. The maximum absolute atomic E-state index is 5.77. The van der Waals surface area contributed by atoms with Gasteiger partial charge in [-0.2, -0.15) is 0 Å². The van der Waals surface area contributed by atoms with Gasteiger partial charge in [-0.25, -0.2) is 0 Å². The average Bonchev–Trinajstić information content (AvgIpc) is 2.73. The first-order chi connectivity index (χ1) is 7.68. The van der Waals surface area contributed by atoms with Crippen LogP contribution in [0.1, 0.15) is 12.5 Å².